The van der Waals surface area contributed by atoms with E-state index in [2.05, 4.69) is 15.0 Å². The lowest BCUT2D eigenvalue weighted by atomic mass is 10.2. The van der Waals surface area contributed by atoms with Crippen molar-refractivity contribution in [2.45, 2.75) is 13.3 Å². The first kappa shape index (κ1) is 14.3. The summed E-state index contributed by atoms with van der Waals surface area (Å²) in [7, 11) is 3.01. The lowest BCUT2D eigenvalue weighted by Crippen LogP contribution is -2.04. The summed E-state index contributed by atoms with van der Waals surface area (Å²) in [5, 5.41) is 5.83. The SMILES string of the molecule is COC(=O)Cc1csc(Nc2ccc(OC)cc2C)n1. The number of benzene rings is 1. The summed E-state index contributed by atoms with van der Waals surface area (Å²) in [6.07, 6.45) is 0.191. The lowest BCUT2D eigenvalue weighted by molar-refractivity contribution is -0.139. The molecule has 0 atom stereocenters. The summed E-state index contributed by atoms with van der Waals surface area (Å²) in [6, 6.07) is 5.78. The van der Waals surface area contributed by atoms with Gasteiger partial charge < -0.3 is 14.8 Å². The highest BCUT2D eigenvalue weighted by atomic mass is 32.1. The molecule has 20 heavy (non-hydrogen) atoms. The standard InChI is InChI=1S/C14H16N2O3S/c1-9-6-11(18-2)4-5-12(9)16-14-15-10(8-20-14)7-13(17)19-3/h4-6,8H,7H2,1-3H3,(H,15,16). The van der Waals surface area contributed by atoms with Crippen LogP contribution in [0.25, 0.3) is 0 Å². The fourth-order valence-corrected chi connectivity index (χ4v) is 2.41. The van der Waals surface area contributed by atoms with E-state index in [0.29, 0.717) is 5.69 Å². The molecular formula is C14H16N2O3S. The van der Waals surface area contributed by atoms with Crippen molar-refractivity contribution in [2.24, 2.45) is 0 Å². The molecule has 0 saturated heterocycles. The monoisotopic (exact) mass is 292 g/mol. The molecule has 1 aromatic heterocycles. The molecule has 0 spiro atoms. The number of esters is 1. The summed E-state index contributed by atoms with van der Waals surface area (Å²) >= 11 is 1.45. The molecule has 6 heteroatoms. The van der Waals surface area contributed by atoms with E-state index in [0.717, 1.165) is 22.1 Å². The number of aryl methyl sites for hydroxylation is 1. The molecule has 0 aliphatic rings. The third-order valence-electron chi connectivity index (χ3n) is 2.78. The Morgan fingerprint density at radius 3 is 2.85 bits per heavy atom. The highest BCUT2D eigenvalue weighted by Gasteiger charge is 2.08. The molecular weight excluding hydrogens is 276 g/mol. The Bertz CT molecular complexity index is 610. The van der Waals surface area contributed by atoms with Crippen LogP contribution in [0.4, 0.5) is 10.8 Å². The van der Waals surface area contributed by atoms with Gasteiger partial charge in [-0.15, -0.1) is 11.3 Å². The Morgan fingerprint density at radius 2 is 2.20 bits per heavy atom. The van der Waals surface area contributed by atoms with Gasteiger partial charge in [0.15, 0.2) is 5.13 Å². The van der Waals surface area contributed by atoms with Crippen LogP contribution in [-0.4, -0.2) is 25.2 Å². The molecule has 0 amide bonds. The van der Waals surface area contributed by atoms with Crippen molar-refractivity contribution in [3.63, 3.8) is 0 Å². The van der Waals surface area contributed by atoms with Crippen LogP contribution in [0.1, 0.15) is 11.3 Å². The molecule has 0 saturated carbocycles. The van der Waals surface area contributed by atoms with Gasteiger partial charge in [-0.2, -0.15) is 0 Å². The van der Waals surface area contributed by atoms with Crippen molar-refractivity contribution < 1.29 is 14.3 Å². The quantitative estimate of drug-likeness (QED) is 0.859. The van der Waals surface area contributed by atoms with E-state index < -0.39 is 0 Å². The van der Waals surface area contributed by atoms with Crippen LogP contribution in [0.5, 0.6) is 5.75 Å². The third kappa shape index (κ3) is 3.48. The first-order valence-corrected chi connectivity index (χ1v) is 6.93. The van der Waals surface area contributed by atoms with Gasteiger partial charge in [-0.25, -0.2) is 4.98 Å². The van der Waals surface area contributed by atoms with Gasteiger partial charge in [0.1, 0.15) is 5.75 Å². The molecule has 0 radical (unpaired) electrons. The number of anilines is 2. The van der Waals surface area contributed by atoms with Crippen LogP contribution in [-0.2, 0) is 16.0 Å². The maximum atomic E-state index is 11.2. The summed E-state index contributed by atoms with van der Waals surface area (Å²) in [5.41, 5.74) is 2.73. The minimum Gasteiger partial charge on any atom is -0.497 e. The van der Waals surface area contributed by atoms with Crippen LogP contribution in [0, 0.1) is 6.92 Å². The van der Waals surface area contributed by atoms with Crippen molar-refractivity contribution in [3.8, 4) is 5.75 Å². The zero-order valence-electron chi connectivity index (χ0n) is 11.6. The maximum Gasteiger partial charge on any atom is 0.311 e. The van der Waals surface area contributed by atoms with Crippen LogP contribution < -0.4 is 10.1 Å². The first-order valence-electron chi connectivity index (χ1n) is 6.05. The Morgan fingerprint density at radius 1 is 1.40 bits per heavy atom. The number of methoxy groups -OCH3 is 2. The summed E-state index contributed by atoms with van der Waals surface area (Å²) < 4.78 is 9.79. The molecule has 1 aromatic carbocycles. The van der Waals surface area contributed by atoms with Gasteiger partial charge in [0, 0.05) is 11.1 Å². The number of ether oxygens (including phenoxy) is 2. The minimum atomic E-state index is -0.289. The molecule has 0 unspecified atom stereocenters. The number of nitrogens with zero attached hydrogens (tertiary/aromatic N) is 1. The number of hydrogen-bond donors (Lipinski definition) is 1. The normalized spacial score (nSPS) is 10.2. The number of aromatic nitrogens is 1. The Hall–Kier alpha value is -2.08. The van der Waals surface area contributed by atoms with Crippen molar-refractivity contribution in [3.05, 3.63) is 34.8 Å². The van der Waals surface area contributed by atoms with E-state index in [1.54, 1.807) is 7.11 Å². The van der Waals surface area contributed by atoms with Crippen LogP contribution in [0.15, 0.2) is 23.6 Å². The van der Waals surface area contributed by atoms with E-state index in [1.165, 1.54) is 18.4 Å². The van der Waals surface area contributed by atoms with Crippen molar-refractivity contribution >= 4 is 28.1 Å². The number of nitrogens with one attached hydrogen (secondary N) is 1. The molecule has 1 heterocycles. The van der Waals surface area contributed by atoms with E-state index in [-0.39, 0.29) is 12.4 Å². The van der Waals surface area contributed by atoms with Gasteiger partial charge in [0.05, 0.1) is 26.3 Å². The summed E-state index contributed by atoms with van der Waals surface area (Å²) in [4.78, 5) is 15.5. The Kier molecular flexibility index (Phi) is 4.57. The first-order chi connectivity index (χ1) is 9.62. The van der Waals surface area contributed by atoms with E-state index in [4.69, 9.17) is 4.74 Å². The van der Waals surface area contributed by atoms with Crippen LogP contribution in [0.3, 0.4) is 0 Å². The number of thiazole rings is 1. The second kappa shape index (κ2) is 6.38. The third-order valence-corrected chi connectivity index (χ3v) is 3.59. The predicted octanol–water partition coefficient (Wildman–Crippen LogP) is 2.92. The van der Waals surface area contributed by atoms with Gasteiger partial charge in [0.2, 0.25) is 0 Å². The Balaban J connectivity index is 2.08. The lowest BCUT2D eigenvalue weighted by Gasteiger charge is -2.08. The molecule has 0 fully saturated rings. The number of hydrogen-bond acceptors (Lipinski definition) is 6. The second-order valence-corrected chi connectivity index (χ2v) is 5.06. The van der Waals surface area contributed by atoms with Crippen LogP contribution in [0.2, 0.25) is 0 Å². The molecule has 106 valence electrons. The average Bonchev–Trinajstić information content (AvgIpc) is 2.88. The number of carbonyl (C=O) groups excluding carboxylic acids is 1. The fourth-order valence-electron chi connectivity index (χ4n) is 1.68. The highest BCUT2D eigenvalue weighted by Crippen LogP contribution is 2.26. The zero-order valence-corrected chi connectivity index (χ0v) is 12.4. The Labute approximate surface area is 121 Å². The summed E-state index contributed by atoms with van der Waals surface area (Å²) in [6.45, 7) is 1.99. The summed E-state index contributed by atoms with van der Waals surface area (Å²) in [5.74, 6) is 0.529. The van der Waals surface area contributed by atoms with E-state index in [1.807, 2.05) is 30.5 Å². The second-order valence-electron chi connectivity index (χ2n) is 4.20. The molecule has 0 aliphatic carbocycles. The average molecular weight is 292 g/mol. The van der Waals surface area contributed by atoms with Gasteiger partial charge >= 0.3 is 5.97 Å². The topological polar surface area (TPSA) is 60.5 Å². The fraction of sp³-hybridized carbons (Fsp3) is 0.286. The van der Waals surface area contributed by atoms with Crippen LogP contribution >= 0.6 is 11.3 Å². The number of rotatable bonds is 5. The predicted molar refractivity (Wildman–Crippen MR) is 78.8 cm³/mol. The minimum absolute atomic E-state index is 0.191. The van der Waals surface area contributed by atoms with Gasteiger partial charge in [0.25, 0.3) is 0 Å². The number of carbonyl (C=O) groups is 1. The van der Waals surface area contributed by atoms with Gasteiger partial charge in [-0.1, -0.05) is 0 Å². The molecule has 5 nitrogen and oxygen atoms in total. The van der Waals surface area contributed by atoms with Gasteiger partial charge in [-0.3, -0.25) is 4.79 Å². The van der Waals surface area contributed by atoms with Gasteiger partial charge in [-0.05, 0) is 30.7 Å². The largest absolute Gasteiger partial charge is 0.497 e. The molecule has 2 aromatic rings. The molecule has 1 N–H and O–H groups in total. The molecule has 2 rings (SSSR count). The highest BCUT2D eigenvalue weighted by molar-refractivity contribution is 7.13. The molecule has 0 aliphatic heterocycles. The van der Waals surface area contributed by atoms with Crippen molar-refractivity contribution in [1.82, 2.24) is 4.98 Å². The van der Waals surface area contributed by atoms with E-state index in [9.17, 15) is 4.79 Å². The van der Waals surface area contributed by atoms with E-state index >= 15 is 0 Å². The van der Waals surface area contributed by atoms with Crippen molar-refractivity contribution in [1.29, 1.82) is 0 Å². The maximum absolute atomic E-state index is 11.2. The zero-order chi connectivity index (χ0) is 14.5. The molecule has 0 bridgehead atoms. The van der Waals surface area contributed by atoms with Crippen molar-refractivity contribution in [2.75, 3.05) is 19.5 Å². The smallest absolute Gasteiger partial charge is 0.311 e.